The molecular formula is C25H28ClFN2O2S2. The van der Waals surface area contributed by atoms with Gasteiger partial charge in [0.25, 0.3) is 0 Å². The molecule has 1 aliphatic heterocycles. The van der Waals surface area contributed by atoms with Gasteiger partial charge in [0, 0.05) is 24.9 Å². The van der Waals surface area contributed by atoms with E-state index >= 15 is 0 Å². The first-order valence-electron chi connectivity index (χ1n) is 11.0. The van der Waals surface area contributed by atoms with Crippen molar-refractivity contribution in [1.82, 2.24) is 4.98 Å². The fourth-order valence-electron chi connectivity index (χ4n) is 4.08. The minimum absolute atomic E-state index is 0.0108. The number of hydrogen-bond acceptors (Lipinski definition) is 5. The molecule has 0 atom stereocenters. The van der Waals surface area contributed by atoms with Crippen LogP contribution in [0.4, 0.5) is 9.52 Å². The van der Waals surface area contributed by atoms with Crippen LogP contribution in [0.2, 0.25) is 5.02 Å². The predicted octanol–water partition coefficient (Wildman–Crippen LogP) is 6.27. The molecule has 0 aliphatic carbocycles. The highest BCUT2D eigenvalue weighted by Crippen LogP contribution is 2.31. The highest BCUT2D eigenvalue weighted by molar-refractivity contribution is 7.92. The molecule has 0 bridgehead atoms. The van der Waals surface area contributed by atoms with Gasteiger partial charge in [-0.25, -0.2) is 17.8 Å². The lowest BCUT2D eigenvalue weighted by molar-refractivity contribution is 0.529. The van der Waals surface area contributed by atoms with Gasteiger partial charge < -0.3 is 4.90 Å². The van der Waals surface area contributed by atoms with Crippen molar-refractivity contribution in [3.63, 3.8) is 0 Å². The Morgan fingerprint density at radius 2 is 1.79 bits per heavy atom. The third kappa shape index (κ3) is 5.42. The van der Waals surface area contributed by atoms with Gasteiger partial charge in [0.2, 0.25) is 0 Å². The van der Waals surface area contributed by atoms with E-state index in [4.69, 9.17) is 16.6 Å². The standard InChI is InChI=1S/C25H28ClFN2O2S2/c1-25(2,3)18-5-7-20(8-6-18)33(30,31)21-10-12-29(13-11-21)24-28-19(16-32-24)14-17-4-9-23(27)22(26)15-17/h4-9,15-16,21H,10-14H2,1-3H3. The molecular weight excluding hydrogens is 479 g/mol. The van der Waals surface area contributed by atoms with Crippen LogP contribution in [0.5, 0.6) is 0 Å². The molecule has 0 N–H and O–H groups in total. The normalized spacial score (nSPS) is 15.7. The highest BCUT2D eigenvalue weighted by Gasteiger charge is 2.32. The van der Waals surface area contributed by atoms with E-state index < -0.39 is 15.7 Å². The monoisotopic (exact) mass is 506 g/mol. The smallest absolute Gasteiger partial charge is 0.185 e. The average molecular weight is 507 g/mol. The van der Waals surface area contributed by atoms with E-state index in [-0.39, 0.29) is 15.7 Å². The number of hydrogen-bond donors (Lipinski definition) is 0. The summed E-state index contributed by atoms with van der Waals surface area (Å²) in [5.41, 5.74) is 2.91. The van der Waals surface area contributed by atoms with E-state index in [1.165, 1.54) is 6.07 Å². The Balaban J connectivity index is 1.39. The fraction of sp³-hybridized carbons (Fsp3) is 0.400. The Labute approximate surface area is 204 Å². The Bertz CT molecular complexity index is 1230. The van der Waals surface area contributed by atoms with Crippen molar-refractivity contribution in [3.05, 3.63) is 75.5 Å². The number of sulfone groups is 1. The van der Waals surface area contributed by atoms with Gasteiger partial charge >= 0.3 is 0 Å². The zero-order valence-corrected chi connectivity index (χ0v) is 21.4. The number of nitrogens with zero attached hydrogens (tertiary/aromatic N) is 2. The summed E-state index contributed by atoms with van der Waals surface area (Å²) in [7, 11) is -3.36. The molecule has 4 nitrogen and oxygen atoms in total. The van der Waals surface area contributed by atoms with Crippen LogP contribution in [0.1, 0.15) is 50.4 Å². The lowest BCUT2D eigenvalue weighted by Gasteiger charge is -2.31. The summed E-state index contributed by atoms with van der Waals surface area (Å²) in [6.07, 6.45) is 1.73. The van der Waals surface area contributed by atoms with E-state index in [9.17, 15) is 12.8 Å². The van der Waals surface area contributed by atoms with Crippen molar-refractivity contribution in [1.29, 1.82) is 0 Å². The molecule has 1 fully saturated rings. The molecule has 176 valence electrons. The van der Waals surface area contributed by atoms with Crippen LogP contribution in [0.3, 0.4) is 0 Å². The van der Waals surface area contributed by atoms with Crippen LogP contribution in [-0.4, -0.2) is 31.7 Å². The lowest BCUT2D eigenvalue weighted by atomic mass is 9.87. The zero-order valence-electron chi connectivity index (χ0n) is 19.0. The van der Waals surface area contributed by atoms with Gasteiger partial charge in [0.05, 0.1) is 20.9 Å². The van der Waals surface area contributed by atoms with Crippen LogP contribution < -0.4 is 4.90 Å². The maximum Gasteiger partial charge on any atom is 0.185 e. The molecule has 1 aliphatic rings. The van der Waals surface area contributed by atoms with Crippen molar-refractivity contribution >= 4 is 37.9 Å². The Morgan fingerprint density at radius 3 is 2.39 bits per heavy atom. The van der Waals surface area contributed by atoms with Gasteiger partial charge in [-0.05, 0) is 53.6 Å². The molecule has 0 unspecified atom stereocenters. The SMILES string of the molecule is CC(C)(C)c1ccc(S(=O)(=O)C2CCN(c3nc(Cc4ccc(F)c(Cl)c4)cs3)CC2)cc1. The van der Waals surface area contributed by atoms with Crippen molar-refractivity contribution in [2.45, 2.75) is 55.6 Å². The zero-order chi connectivity index (χ0) is 23.8. The fourth-order valence-corrected chi connectivity index (χ4v) is 6.89. The third-order valence-electron chi connectivity index (χ3n) is 6.11. The Hall–Kier alpha value is -1.96. The molecule has 4 rings (SSSR count). The first-order valence-corrected chi connectivity index (χ1v) is 13.8. The second-order valence-corrected chi connectivity index (χ2v) is 13.0. The minimum atomic E-state index is -3.36. The number of rotatable bonds is 5. The first kappa shape index (κ1) is 24.2. The lowest BCUT2D eigenvalue weighted by Crippen LogP contribution is -2.39. The number of aromatic nitrogens is 1. The van der Waals surface area contributed by atoms with Crippen LogP contribution in [0.25, 0.3) is 0 Å². The second kappa shape index (κ2) is 9.35. The van der Waals surface area contributed by atoms with Gasteiger partial charge in [0.15, 0.2) is 15.0 Å². The van der Waals surface area contributed by atoms with Crippen molar-refractivity contribution < 1.29 is 12.8 Å². The molecule has 1 saturated heterocycles. The highest BCUT2D eigenvalue weighted by atomic mass is 35.5. The molecule has 0 amide bonds. The number of benzene rings is 2. The van der Waals surface area contributed by atoms with E-state index in [2.05, 4.69) is 25.7 Å². The molecule has 3 aromatic rings. The van der Waals surface area contributed by atoms with Crippen LogP contribution in [0.15, 0.2) is 52.7 Å². The molecule has 1 aromatic heterocycles. The molecule has 8 heteroatoms. The van der Waals surface area contributed by atoms with E-state index in [1.807, 2.05) is 17.5 Å². The number of halogens is 2. The summed E-state index contributed by atoms with van der Waals surface area (Å²) in [6, 6.07) is 12.0. The molecule has 2 heterocycles. The van der Waals surface area contributed by atoms with Gasteiger partial charge in [-0.3, -0.25) is 0 Å². The maximum absolute atomic E-state index is 13.4. The quantitative estimate of drug-likeness (QED) is 0.409. The van der Waals surface area contributed by atoms with Gasteiger partial charge in [0.1, 0.15) is 5.82 Å². The summed E-state index contributed by atoms with van der Waals surface area (Å²) in [5.74, 6) is -0.428. The average Bonchev–Trinajstić information content (AvgIpc) is 3.24. The number of anilines is 1. The van der Waals surface area contributed by atoms with Crippen molar-refractivity contribution in [3.8, 4) is 0 Å². The predicted molar refractivity (Wildman–Crippen MR) is 134 cm³/mol. The summed E-state index contributed by atoms with van der Waals surface area (Å²) >= 11 is 7.43. The van der Waals surface area contributed by atoms with Gasteiger partial charge in [-0.15, -0.1) is 11.3 Å². The third-order valence-corrected chi connectivity index (χ3v) is 9.63. The first-order chi connectivity index (χ1) is 15.5. The largest absolute Gasteiger partial charge is 0.348 e. The van der Waals surface area contributed by atoms with E-state index in [0.717, 1.165) is 22.0 Å². The molecule has 33 heavy (non-hydrogen) atoms. The summed E-state index contributed by atoms with van der Waals surface area (Å²) < 4.78 is 39.7. The van der Waals surface area contributed by atoms with Crippen LogP contribution in [-0.2, 0) is 21.7 Å². The second-order valence-electron chi connectivity index (χ2n) is 9.55. The number of piperidine rings is 1. The van der Waals surface area contributed by atoms with Crippen molar-refractivity contribution in [2.75, 3.05) is 18.0 Å². The maximum atomic E-state index is 13.4. The topological polar surface area (TPSA) is 50.3 Å². The Kier molecular flexibility index (Phi) is 6.85. The van der Waals surface area contributed by atoms with Crippen LogP contribution in [0, 0.1) is 5.82 Å². The number of thiazole rings is 1. The summed E-state index contributed by atoms with van der Waals surface area (Å²) in [6.45, 7) is 7.65. The summed E-state index contributed by atoms with van der Waals surface area (Å²) in [5, 5.41) is 2.62. The molecule has 0 radical (unpaired) electrons. The Morgan fingerprint density at radius 1 is 1.12 bits per heavy atom. The van der Waals surface area contributed by atoms with Crippen molar-refractivity contribution in [2.24, 2.45) is 0 Å². The van der Waals surface area contributed by atoms with E-state index in [0.29, 0.717) is 37.2 Å². The molecule has 0 spiro atoms. The van der Waals surface area contributed by atoms with Crippen LogP contribution >= 0.6 is 22.9 Å². The molecule has 2 aromatic carbocycles. The van der Waals surface area contributed by atoms with Gasteiger partial charge in [-0.2, -0.15) is 0 Å². The summed E-state index contributed by atoms with van der Waals surface area (Å²) in [4.78, 5) is 7.28. The van der Waals surface area contributed by atoms with E-state index in [1.54, 1.807) is 35.6 Å². The molecule has 0 saturated carbocycles. The minimum Gasteiger partial charge on any atom is -0.348 e. The van der Waals surface area contributed by atoms with Gasteiger partial charge in [-0.1, -0.05) is 50.6 Å².